The fraction of sp³-hybridized carbons (Fsp3) is 0.308. The Morgan fingerprint density at radius 2 is 2.06 bits per heavy atom. The molecule has 0 bridgehead atoms. The molecular weight excluding hydrogens is 214 g/mol. The van der Waals surface area contributed by atoms with Crippen LogP contribution in [0.4, 0.5) is 0 Å². The van der Waals surface area contributed by atoms with Crippen LogP contribution in [-0.2, 0) is 0 Å². The first kappa shape index (κ1) is 11.7. The minimum absolute atomic E-state index is 0.0941. The number of H-pyrrole nitrogens is 1. The summed E-state index contributed by atoms with van der Waals surface area (Å²) in [5.41, 5.74) is 8.04. The quantitative estimate of drug-likeness (QED) is 0.850. The molecule has 1 aromatic carbocycles. The van der Waals surface area contributed by atoms with Gasteiger partial charge in [0.15, 0.2) is 0 Å². The Labute approximate surface area is 101 Å². The number of rotatable bonds is 4. The van der Waals surface area contributed by atoms with Crippen molar-refractivity contribution >= 4 is 0 Å². The third-order valence-corrected chi connectivity index (χ3v) is 2.65. The van der Waals surface area contributed by atoms with E-state index in [1.165, 1.54) is 0 Å². The van der Waals surface area contributed by atoms with Crippen molar-refractivity contribution in [3.63, 3.8) is 0 Å². The van der Waals surface area contributed by atoms with Crippen molar-refractivity contribution in [1.82, 2.24) is 10.2 Å². The fourth-order valence-corrected chi connectivity index (χ4v) is 1.58. The first-order valence-corrected chi connectivity index (χ1v) is 5.74. The summed E-state index contributed by atoms with van der Waals surface area (Å²) in [5, 5.41) is 6.85. The summed E-state index contributed by atoms with van der Waals surface area (Å²) in [5.74, 6) is 1.35. The van der Waals surface area contributed by atoms with Gasteiger partial charge in [0, 0.05) is 17.8 Å². The molecule has 0 fully saturated rings. The van der Waals surface area contributed by atoms with E-state index < -0.39 is 0 Å². The maximum atomic E-state index is 5.94. The lowest BCUT2D eigenvalue weighted by molar-refractivity contribution is 0.461. The van der Waals surface area contributed by atoms with Gasteiger partial charge in [-0.25, -0.2) is 0 Å². The minimum atomic E-state index is 0.0941. The summed E-state index contributed by atoms with van der Waals surface area (Å²) >= 11 is 0. The smallest absolute Gasteiger partial charge is 0.238 e. The predicted octanol–water partition coefficient (Wildman–Crippen LogP) is 2.92. The van der Waals surface area contributed by atoms with E-state index in [0.29, 0.717) is 5.88 Å². The van der Waals surface area contributed by atoms with E-state index >= 15 is 0 Å². The maximum absolute atomic E-state index is 5.94. The molecule has 1 atom stereocenters. The van der Waals surface area contributed by atoms with Crippen molar-refractivity contribution in [3.8, 4) is 11.6 Å². The van der Waals surface area contributed by atoms with Gasteiger partial charge in [0.2, 0.25) is 5.88 Å². The number of nitrogens with zero attached hydrogens (tertiary/aromatic N) is 1. The molecule has 90 valence electrons. The fourth-order valence-electron chi connectivity index (χ4n) is 1.58. The van der Waals surface area contributed by atoms with Gasteiger partial charge in [0.05, 0.1) is 0 Å². The second-order valence-corrected chi connectivity index (χ2v) is 4.08. The number of nitrogens with one attached hydrogen (secondary N) is 1. The summed E-state index contributed by atoms with van der Waals surface area (Å²) in [6.45, 7) is 4.00. The zero-order chi connectivity index (χ0) is 12.3. The molecule has 1 aromatic heterocycles. The number of nitrogens with two attached hydrogens (primary N) is 1. The van der Waals surface area contributed by atoms with Crippen LogP contribution in [0, 0.1) is 6.92 Å². The van der Waals surface area contributed by atoms with Gasteiger partial charge in [-0.15, -0.1) is 5.10 Å². The standard InChI is InChI=1S/C13H17N3O/c1-3-12(14)10-4-6-11(7-5-10)17-13-8-9(2)15-16-13/h4-8,12H,3,14H2,1-2H3,(H,15,16)/t12-/m0/s1. The number of hydrogen-bond acceptors (Lipinski definition) is 3. The van der Waals surface area contributed by atoms with Crippen LogP contribution in [0.2, 0.25) is 0 Å². The molecule has 0 amide bonds. The minimum Gasteiger partial charge on any atom is -0.438 e. The third-order valence-electron chi connectivity index (χ3n) is 2.65. The Balaban J connectivity index is 2.08. The maximum Gasteiger partial charge on any atom is 0.238 e. The highest BCUT2D eigenvalue weighted by Gasteiger charge is 2.04. The first-order valence-electron chi connectivity index (χ1n) is 5.74. The van der Waals surface area contributed by atoms with Gasteiger partial charge in [-0.1, -0.05) is 19.1 Å². The van der Waals surface area contributed by atoms with Gasteiger partial charge in [0.25, 0.3) is 0 Å². The van der Waals surface area contributed by atoms with E-state index in [0.717, 1.165) is 23.4 Å². The first-order chi connectivity index (χ1) is 8.19. The van der Waals surface area contributed by atoms with Crippen LogP contribution in [0.25, 0.3) is 0 Å². The van der Waals surface area contributed by atoms with Crippen molar-refractivity contribution in [2.24, 2.45) is 5.73 Å². The molecule has 1 heterocycles. The number of aryl methyl sites for hydroxylation is 1. The van der Waals surface area contributed by atoms with E-state index in [4.69, 9.17) is 10.5 Å². The monoisotopic (exact) mass is 231 g/mol. The number of aromatic amines is 1. The Morgan fingerprint density at radius 3 is 2.59 bits per heavy atom. The Bertz CT molecular complexity index is 476. The average molecular weight is 231 g/mol. The van der Waals surface area contributed by atoms with Crippen LogP contribution in [0.3, 0.4) is 0 Å². The molecule has 0 aliphatic heterocycles. The van der Waals surface area contributed by atoms with Crippen molar-refractivity contribution in [3.05, 3.63) is 41.6 Å². The molecule has 2 aromatic rings. The van der Waals surface area contributed by atoms with E-state index in [2.05, 4.69) is 17.1 Å². The molecule has 2 rings (SSSR count). The number of ether oxygens (including phenoxy) is 1. The number of benzene rings is 1. The van der Waals surface area contributed by atoms with Crippen LogP contribution < -0.4 is 10.5 Å². The average Bonchev–Trinajstić information content (AvgIpc) is 2.75. The lowest BCUT2D eigenvalue weighted by Gasteiger charge is -2.09. The molecule has 0 spiro atoms. The molecule has 17 heavy (non-hydrogen) atoms. The molecule has 0 aliphatic carbocycles. The van der Waals surface area contributed by atoms with E-state index in [1.54, 1.807) is 0 Å². The van der Waals surface area contributed by atoms with E-state index in [9.17, 15) is 0 Å². The predicted molar refractivity (Wildman–Crippen MR) is 67.1 cm³/mol. The van der Waals surface area contributed by atoms with Gasteiger partial charge >= 0.3 is 0 Å². The molecular formula is C13H17N3O. The largest absolute Gasteiger partial charge is 0.438 e. The molecule has 0 saturated heterocycles. The highest BCUT2D eigenvalue weighted by Crippen LogP contribution is 2.22. The highest BCUT2D eigenvalue weighted by atomic mass is 16.5. The van der Waals surface area contributed by atoms with E-state index in [-0.39, 0.29) is 6.04 Å². The van der Waals surface area contributed by atoms with Gasteiger partial charge in [-0.05, 0) is 31.0 Å². The summed E-state index contributed by atoms with van der Waals surface area (Å²) in [7, 11) is 0. The second-order valence-electron chi connectivity index (χ2n) is 4.08. The summed E-state index contributed by atoms with van der Waals surface area (Å²) in [6, 6.07) is 9.75. The van der Waals surface area contributed by atoms with Crippen LogP contribution in [0.1, 0.15) is 30.6 Å². The van der Waals surface area contributed by atoms with Crippen molar-refractivity contribution in [2.45, 2.75) is 26.3 Å². The van der Waals surface area contributed by atoms with Gasteiger partial charge < -0.3 is 10.5 Å². The zero-order valence-corrected chi connectivity index (χ0v) is 10.1. The van der Waals surface area contributed by atoms with Crippen LogP contribution in [0.5, 0.6) is 11.6 Å². The molecule has 3 N–H and O–H groups in total. The van der Waals surface area contributed by atoms with Crippen LogP contribution >= 0.6 is 0 Å². The Hall–Kier alpha value is -1.81. The third kappa shape index (κ3) is 2.85. The number of hydrogen-bond donors (Lipinski definition) is 2. The lowest BCUT2D eigenvalue weighted by Crippen LogP contribution is -2.07. The van der Waals surface area contributed by atoms with Gasteiger partial charge in [-0.3, -0.25) is 5.10 Å². The lowest BCUT2D eigenvalue weighted by atomic mass is 10.1. The summed E-state index contributed by atoms with van der Waals surface area (Å²) in [4.78, 5) is 0. The summed E-state index contributed by atoms with van der Waals surface area (Å²) in [6.07, 6.45) is 0.929. The highest BCUT2D eigenvalue weighted by molar-refractivity contribution is 5.31. The SMILES string of the molecule is CC[C@H](N)c1ccc(Oc2cc(C)[nH]n2)cc1. The zero-order valence-electron chi connectivity index (χ0n) is 10.1. The van der Waals surface area contributed by atoms with Crippen molar-refractivity contribution < 1.29 is 4.74 Å². The van der Waals surface area contributed by atoms with Crippen LogP contribution in [-0.4, -0.2) is 10.2 Å². The van der Waals surface area contributed by atoms with Crippen molar-refractivity contribution in [2.75, 3.05) is 0 Å². The summed E-state index contributed by atoms with van der Waals surface area (Å²) < 4.78 is 5.58. The Morgan fingerprint density at radius 1 is 1.35 bits per heavy atom. The molecule has 4 nitrogen and oxygen atoms in total. The molecule has 4 heteroatoms. The molecule has 0 saturated carbocycles. The molecule has 0 aliphatic rings. The molecule has 0 radical (unpaired) electrons. The second kappa shape index (κ2) is 5.01. The normalized spacial score (nSPS) is 12.4. The Kier molecular flexibility index (Phi) is 3.44. The molecule has 0 unspecified atom stereocenters. The van der Waals surface area contributed by atoms with Crippen molar-refractivity contribution in [1.29, 1.82) is 0 Å². The topological polar surface area (TPSA) is 63.9 Å². The van der Waals surface area contributed by atoms with Gasteiger partial charge in [-0.2, -0.15) is 0 Å². The van der Waals surface area contributed by atoms with E-state index in [1.807, 2.05) is 37.3 Å². The van der Waals surface area contributed by atoms with Crippen LogP contribution in [0.15, 0.2) is 30.3 Å². The number of aromatic nitrogens is 2. The van der Waals surface area contributed by atoms with Gasteiger partial charge in [0.1, 0.15) is 5.75 Å².